The zero-order chi connectivity index (χ0) is 13.9. The van der Waals surface area contributed by atoms with Crippen LogP contribution in [0, 0.1) is 13.8 Å². The molecule has 4 rings (SSSR count). The molecule has 2 aliphatic rings. The van der Waals surface area contributed by atoms with Crippen LogP contribution in [-0.4, -0.2) is 31.8 Å². The first-order chi connectivity index (χ1) is 9.63. The quantitative estimate of drug-likeness (QED) is 0.878. The fourth-order valence-corrected chi connectivity index (χ4v) is 3.94. The molecule has 2 fully saturated rings. The molecule has 2 bridgehead atoms. The Morgan fingerprint density at radius 3 is 2.75 bits per heavy atom. The molecule has 2 saturated heterocycles. The second-order valence-corrected chi connectivity index (χ2v) is 6.24. The van der Waals surface area contributed by atoms with E-state index in [0.717, 1.165) is 17.2 Å². The molecule has 2 aliphatic heterocycles. The van der Waals surface area contributed by atoms with Gasteiger partial charge in [-0.3, -0.25) is 4.68 Å². The predicted octanol–water partition coefficient (Wildman–Crippen LogP) is 2.03. The highest BCUT2D eigenvalue weighted by molar-refractivity contribution is 5.64. The third kappa shape index (κ3) is 1.66. The summed E-state index contributed by atoms with van der Waals surface area (Å²) < 4.78 is 1.93. The molecule has 0 radical (unpaired) electrons. The van der Waals surface area contributed by atoms with E-state index in [-0.39, 0.29) is 0 Å². The zero-order valence-electron chi connectivity index (χ0n) is 12.3. The number of fused-ring (bicyclic) bond motifs is 2. The van der Waals surface area contributed by atoms with Crippen LogP contribution in [0.4, 0.5) is 0 Å². The third-order valence-corrected chi connectivity index (χ3v) is 5.03. The first-order valence-electron chi connectivity index (χ1n) is 7.45. The van der Waals surface area contributed by atoms with Crippen LogP contribution in [0.2, 0.25) is 0 Å². The van der Waals surface area contributed by atoms with Crippen molar-refractivity contribution in [3.63, 3.8) is 0 Å². The molecular weight excluding hydrogens is 250 g/mol. The fraction of sp³-hybridized carbons (Fsp3) is 0.600. The van der Waals surface area contributed by atoms with E-state index in [0.29, 0.717) is 18.0 Å². The lowest BCUT2D eigenvalue weighted by Gasteiger charge is -2.17. The molecule has 3 unspecified atom stereocenters. The summed E-state index contributed by atoms with van der Waals surface area (Å²) in [5, 5.41) is 8.16. The number of nitrogens with one attached hydrogen (secondary N) is 2. The van der Waals surface area contributed by atoms with Gasteiger partial charge in [-0.2, -0.15) is 5.10 Å². The van der Waals surface area contributed by atoms with Gasteiger partial charge in [0.2, 0.25) is 0 Å². The second-order valence-electron chi connectivity index (χ2n) is 6.24. The van der Waals surface area contributed by atoms with Crippen molar-refractivity contribution in [1.29, 1.82) is 0 Å². The van der Waals surface area contributed by atoms with Crippen LogP contribution >= 0.6 is 0 Å². The van der Waals surface area contributed by atoms with Crippen LogP contribution in [0.25, 0.3) is 11.3 Å². The SMILES string of the molecule is Cc1nn(C)c(C)c1-c1cnc(C2CC3CCC2N3)[nH]1. The Kier molecular flexibility index (Phi) is 2.54. The molecule has 0 saturated carbocycles. The lowest BCUT2D eigenvalue weighted by atomic mass is 9.89. The van der Waals surface area contributed by atoms with Crippen LogP contribution in [0.5, 0.6) is 0 Å². The number of imidazole rings is 1. The fourth-order valence-electron chi connectivity index (χ4n) is 3.94. The highest BCUT2D eigenvalue weighted by Crippen LogP contribution is 2.39. The molecule has 0 spiro atoms. The minimum Gasteiger partial charge on any atom is -0.342 e. The molecule has 5 heteroatoms. The summed E-state index contributed by atoms with van der Waals surface area (Å²) in [4.78, 5) is 8.20. The highest BCUT2D eigenvalue weighted by atomic mass is 15.3. The van der Waals surface area contributed by atoms with E-state index in [1.165, 1.54) is 30.5 Å². The predicted molar refractivity (Wildman–Crippen MR) is 77.6 cm³/mol. The van der Waals surface area contributed by atoms with Crippen molar-refractivity contribution >= 4 is 0 Å². The maximum absolute atomic E-state index is 4.65. The van der Waals surface area contributed by atoms with Crippen molar-refractivity contribution in [2.24, 2.45) is 7.05 Å². The summed E-state index contributed by atoms with van der Waals surface area (Å²) in [6.07, 6.45) is 5.81. The van der Waals surface area contributed by atoms with Gasteiger partial charge in [0, 0.05) is 36.3 Å². The molecule has 0 aliphatic carbocycles. The van der Waals surface area contributed by atoms with Crippen molar-refractivity contribution in [2.45, 2.75) is 51.1 Å². The average Bonchev–Trinajstić information content (AvgIpc) is 3.16. The molecule has 5 nitrogen and oxygen atoms in total. The number of hydrogen-bond donors (Lipinski definition) is 2. The van der Waals surface area contributed by atoms with E-state index in [4.69, 9.17) is 0 Å². The molecule has 106 valence electrons. The van der Waals surface area contributed by atoms with Gasteiger partial charge in [-0.1, -0.05) is 0 Å². The Hall–Kier alpha value is -1.62. The summed E-state index contributed by atoms with van der Waals surface area (Å²) >= 11 is 0. The van der Waals surface area contributed by atoms with Crippen LogP contribution < -0.4 is 5.32 Å². The number of aromatic nitrogens is 4. The zero-order valence-corrected chi connectivity index (χ0v) is 12.3. The Morgan fingerprint density at radius 2 is 2.15 bits per heavy atom. The van der Waals surface area contributed by atoms with E-state index < -0.39 is 0 Å². The Balaban J connectivity index is 1.68. The first kappa shape index (κ1) is 12.1. The maximum Gasteiger partial charge on any atom is 0.111 e. The largest absolute Gasteiger partial charge is 0.342 e. The number of rotatable bonds is 2. The van der Waals surface area contributed by atoms with Gasteiger partial charge in [0.1, 0.15) is 5.82 Å². The summed E-state index contributed by atoms with van der Waals surface area (Å²) in [6.45, 7) is 4.16. The van der Waals surface area contributed by atoms with Gasteiger partial charge in [0.05, 0.1) is 17.6 Å². The second kappa shape index (κ2) is 4.19. The molecule has 2 aromatic rings. The number of nitrogens with zero attached hydrogens (tertiary/aromatic N) is 3. The number of aromatic amines is 1. The van der Waals surface area contributed by atoms with Crippen molar-refractivity contribution in [1.82, 2.24) is 25.1 Å². The van der Waals surface area contributed by atoms with E-state index in [1.54, 1.807) is 0 Å². The van der Waals surface area contributed by atoms with Crippen LogP contribution in [-0.2, 0) is 7.05 Å². The van der Waals surface area contributed by atoms with Gasteiger partial charge in [0.25, 0.3) is 0 Å². The van der Waals surface area contributed by atoms with Gasteiger partial charge in [-0.15, -0.1) is 0 Å². The molecule has 3 atom stereocenters. The molecule has 2 N–H and O–H groups in total. The van der Waals surface area contributed by atoms with Crippen molar-refractivity contribution in [3.05, 3.63) is 23.4 Å². The molecule has 2 aromatic heterocycles. The Bertz CT molecular complexity index is 653. The van der Waals surface area contributed by atoms with Crippen LogP contribution in [0.1, 0.15) is 42.4 Å². The lowest BCUT2D eigenvalue weighted by molar-refractivity contribution is 0.490. The van der Waals surface area contributed by atoms with Gasteiger partial charge < -0.3 is 10.3 Å². The van der Waals surface area contributed by atoms with Gasteiger partial charge in [-0.25, -0.2) is 4.98 Å². The minimum atomic E-state index is 0.555. The first-order valence-corrected chi connectivity index (χ1v) is 7.45. The Labute approximate surface area is 118 Å². The molecule has 4 heterocycles. The standard InChI is InChI=1S/C15H21N5/c1-8-14(9(2)20(3)19-8)13-7-16-15(18-13)11-6-10-4-5-12(11)17-10/h7,10-12,17H,4-6H2,1-3H3,(H,16,18). The summed E-state index contributed by atoms with van der Waals surface area (Å²) in [7, 11) is 1.99. The minimum absolute atomic E-state index is 0.555. The third-order valence-electron chi connectivity index (χ3n) is 5.03. The van der Waals surface area contributed by atoms with E-state index >= 15 is 0 Å². The van der Waals surface area contributed by atoms with E-state index in [2.05, 4.69) is 34.2 Å². The number of H-pyrrole nitrogens is 1. The molecular formula is C15H21N5. The molecule has 0 amide bonds. The van der Waals surface area contributed by atoms with Crippen LogP contribution in [0.15, 0.2) is 6.20 Å². The molecule has 0 aromatic carbocycles. The summed E-state index contributed by atoms with van der Waals surface area (Å²) in [5.74, 6) is 1.70. The topological polar surface area (TPSA) is 58.5 Å². The normalized spacial score (nSPS) is 28.4. The van der Waals surface area contributed by atoms with Crippen molar-refractivity contribution < 1.29 is 0 Å². The monoisotopic (exact) mass is 271 g/mol. The van der Waals surface area contributed by atoms with Crippen LogP contribution in [0.3, 0.4) is 0 Å². The van der Waals surface area contributed by atoms with Gasteiger partial charge in [0.15, 0.2) is 0 Å². The number of aryl methyl sites for hydroxylation is 2. The summed E-state index contributed by atoms with van der Waals surface area (Å²) in [6, 6.07) is 1.33. The Morgan fingerprint density at radius 1 is 1.30 bits per heavy atom. The lowest BCUT2D eigenvalue weighted by Crippen LogP contribution is -2.22. The van der Waals surface area contributed by atoms with E-state index in [9.17, 15) is 0 Å². The highest BCUT2D eigenvalue weighted by Gasteiger charge is 2.41. The average molecular weight is 271 g/mol. The van der Waals surface area contributed by atoms with Crippen molar-refractivity contribution in [3.8, 4) is 11.3 Å². The van der Waals surface area contributed by atoms with Crippen molar-refractivity contribution in [2.75, 3.05) is 0 Å². The van der Waals surface area contributed by atoms with Gasteiger partial charge in [-0.05, 0) is 33.1 Å². The van der Waals surface area contributed by atoms with E-state index in [1.807, 2.05) is 17.9 Å². The van der Waals surface area contributed by atoms with Gasteiger partial charge >= 0.3 is 0 Å². The summed E-state index contributed by atoms with van der Waals surface area (Å²) in [5.41, 5.74) is 4.54. The molecule has 20 heavy (non-hydrogen) atoms. The number of hydrogen-bond acceptors (Lipinski definition) is 3. The smallest absolute Gasteiger partial charge is 0.111 e. The maximum atomic E-state index is 4.65.